The van der Waals surface area contributed by atoms with E-state index in [9.17, 15) is 14.4 Å². The van der Waals surface area contributed by atoms with Crippen molar-refractivity contribution < 1.29 is 28.5 Å². The lowest BCUT2D eigenvalue weighted by Crippen LogP contribution is -2.47. The van der Waals surface area contributed by atoms with Crippen LogP contribution >= 0.6 is 0 Å². The van der Waals surface area contributed by atoms with Crippen molar-refractivity contribution in [2.45, 2.75) is 50.5 Å². The first-order valence-electron chi connectivity index (χ1n) is 15.1. The second kappa shape index (κ2) is 12.3. The summed E-state index contributed by atoms with van der Waals surface area (Å²) in [5.41, 5.74) is 1.73. The number of anilines is 2. The summed E-state index contributed by atoms with van der Waals surface area (Å²) in [7, 11) is 3.13. The molecule has 5 heterocycles. The zero-order valence-corrected chi connectivity index (χ0v) is 25.4. The Bertz CT molecular complexity index is 1850. The van der Waals surface area contributed by atoms with Crippen molar-refractivity contribution in [1.82, 2.24) is 24.8 Å². The van der Waals surface area contributed by atoms with Gasteiger partial charge in [-0.2, -0.15) is 4.98 Å². The quantitative estimate of drug-likeness (QED) is 0.292. The number of ether oxygens (including phenoxy) is 4. The van der Waals surface area contributed by atoms with E-state index in [0.717, 1.165) is 17.7 Å². The predicted octanol–water partition coefficient (Wildman–Crippen LogP) is 2.67. The fourth-order valence-corrected chi connectivity index (χ4v) is 6.32. The summed E-state index contributed by atoms with van der Waals surface area (Å²) in [6, 6.07) is 14.3. The zero-order chi connectivity index (χ0) is 31.8. The van der Waals surface area contributed by atoms with Gasteiger partial charge < -0.3 is 24.3 Å². The van der Waals surface area contributed by atoms with Crippen LogP contribution < -0.4 is 34.9 Å². The average Bonchev–Trinajstić information content (AvgIpc) is 3.41. The van der Waals surface area contributed by atoms with Crippen LogP contribution in [0.25, 0.3) is 11.2 Å². The molecule has 1 aromatic carbocycles. The lowest BCUT2D eigenvalue weighted by Gasteiger charge is -2.33. The zero-order valence-electron chi connectivity index (χ0n) is 25.4. The van der Waals surface area contributed by atoms with Gasteiger partial charge in [-0.3, -0.25) is 24.0 Å². The van der Waals surface area contributed by atoms with Crippen LogP contribution in [0.2, 0.25) is 0 Å². The molecule has 2 aliphatic heterocycles. The van der Waals surface area contributed by atoms with Gasteiger partial charge in [0.2, 0.25) is 5.88 Å². The van der Waals surface area contributed by atoms with E-state index in [1.54, 1.807) is 45.7 Å². The van der Waals surface area contributed by atoms with E-state index >= 15 is 0 Å². The van der Waals surface area contributed by atoms with Crippen molar-refractivity contribution >= 4 is 34.8 Å². The van der Waals surface area contributed by atoms with Crippen molar-refractivity contribution in [2.24, 2.45) is 0 Å². The second-order valence-corrected chi connectivity index (χ2v) is 11.4. The number of rotatable bonds is 9. The van der Waals surface area contributed by atoms with E-state index in [4.69, 9.17) is 23.9 Å². The first kappa shape index (κ1) is 29.5. The summed E-state index contributed by atoms with van der Waals surface area (Å²) in [6.07, 6.45) is 2.59. The van der Waals surface area contributed by atoms with Crippen molar-refractivity contribution in [3.63, 3.8) is 0 Å². The molecule has 0 bridgehead atoms. The Hall–Kier alpha value is -5.24. The van der Waals surface area contributed by atoms with Crippen LogP contribution in [0.3, 0.4) is 0 Å². The van der Waals surface area contributed by atoms with Crippen LogP contribution in [0, 0.1) is 0 Å². The van der Waals surface area contributed by atoms with Crippen LogP contribution in [0.4, 0.5) is 16.4 Å². The number of methoxy groups -OCH3 is 2. The van der Waals surface area contributed by atoms with Crippen molar-refractivity contribution in [3.05, 3.63) is 70.6 Å². The highest BCUT2D eigenvalue weighted by atomic mass is 16.6. The highest BCUT2D eigenvalue weighted by molar-refractivity contribution is 5.97. The lowest BCUT2D eigenvalue weighted by molar-refractivity contribution is -0.121. The van der Waals surface area contributed by atoms with Gasteiger partial charge in [0.1, 0.15) is 23.2 Å². The van der Waals surface area contributed by atoms with Gasteiger partial charge in [-0.25, -0.2) is 14.8 Å². The molecule has 7 rings (SSSR count). The molecule has 1 saturated carbocycles. The molecule has 1 N–H and O–H groups in total. The minimum atomic E-state index is -0.470. The maximum absolute atomic E-state index is 13.2. The molecular weight excluding hydrogens is 594 g/mol. The molecule has 238 valence electrons. The van der Waals surface area contributed by atoms with E-state index in [1.165, 1.54) is 13.3 Å². The minimum Gasteiger partial charge on any atom is -0.497 e. The fourth-order valence-electron chi connectivity index (χ4n) is 6.32. The number of hydrogen-bond acceptors (Lipinski definition) is 11. The normalized spacial score (nSPS) is 20.6. The van der Waals surface area contributed by atoms with Crippen LogP contribution in [-0.4, -0.2) is 77.1 Å². The summed E-state index contributed by atoms with van der Waals surface area (Å²) in [5, 5.41) is 3.52. The Morgan fingerprint density at radius 3 is 2.63 bits per heavy atom. The highest BCUT2D eigenvalue weighted by Crippen LogP contribution is 2.39. The number of nitrogens with zero attached hydrogens (tertiary/aromatic N) is 6. The molecule has 2 fully saturated rings. The Morgan fingerprint density at radius 2 is 1.83 bits per heavy atom. The molecule has 0 radical (unpaired) electrons. The van der Waals surface area contributed by atoms with Gasteiger partial charge in [-0.1, -0.05) is 12.1 Å². The number of carbonyl (C=O) groups is 2. The monoisotopic (exact) mass is 627 g/mol. The number of fused-ring (bicyclic) bond motifs is 3. The molecule has 3 atom stereocenters. The fraction of sp³-hybridized carbons (Fsp3) is 0.375. The molecule has 2 amide bonds. The Morgan fingerprint density at radius 1 is 0.978 bits per heavy atom. The Labute approximate surface area is 263 Å². The maximum Gasteiger partial charge on any atom is 0.416 e. The van der Waals surface area contributed by atoms with Crippen LogP contribution in [0.5, 0.6) is 17.4 Å². The number of hydrogen-bond donors (Lipinski definition) is 1. The topological polar surface area (TPSA) is 150 Å². The molecule has 3 aromatic heterocycles. The summed E-state index contributed by atoms with van der Waals surface area (Å²) in [6.45, 7) is 1.11. The van der Waals surface area contributed by atoms with E-state index in [0.29, 0.717) is 66.9 Å². The van der Waals surface area contributed by atoms with E-state index < -0.39 is 6.09 Å². The number of benzene rings is 1. The first-order chi connectivity index (χ1) is 22.4. The summed E-state index contributed by atoms with van der Waals surface area (Å²) < 4.78 is 23.6. The van der Waals surface area contributed by atoms with Gasteiger partial charge in [0.05, 0.1) is 33.0 Å². The molecule has 14 nitrogen and oxygen atoms in total. The van der Waals surface area contributed by atoms with Gasteiger partial charge in [-0.15, -0.1) is 0 Å². The highest BCUT2D eigenvalue weighted by Gasteiger charge is 2.47. The lowest BCUT2D eigenvalue weighted by atomic mass is 9.88. The third-order valence-corrected chi connectivity index (χ3v) is 8.66. The number of amides is 2. The molecule has 3 aliphatic rings. The molecule has 0 spiro atoms. The number of aromatic nitrogens is 4. The predicted molar refractivity (Wildman–Crippen MR) is 166 cm³/mol. The molecule has 46 heavy (non-hydrogen) atoms. The van der Waals surface area contributed by atoms with Gasteiger partial charge in [-0.05, 0) is 48.7 Å². The van der Waals surface area contributed by atoms with Gasteiger partial charge >= 0.3 is 6.09 Å². The van der Waals surface area contributed by atoms with E-state index in [2.05, 4.69) is 15.3 Å². The Balaban J connectivity index is 1.03. The number of nitrogens with one attached hydrogen (secondary N) is 1. The van der Waals surface area contributed by atoms with Crippen molar-refractivity contribution in [2.75, 3.05) is 37.2 Å². The Kier molecular flexibility index (Phi) is 7.86. The van der Waals surface area contributed by atoms with Gasteiger partial charge in [0, 0.05) is 31.6 Å². The van der Waals surface area contributed by atoms with Crippen LogP contribution in [0.15, 0.2) is 59.5 Å². The molecule has 14 heteroatoms. The maximum atomic E-state index is 13.2. The third-order valence-electron chi connectivity index (χ3n) is 8.66. The third kappa shape index (κ3) is 5.55. The number of carbonyl (C=O) groups excluding carboxylic acids is 2. The molecule has 0 unspecified atom stereocenters. The van der Waals surface area contributed by atoms with E-state index in [-0.39, 0.29) is 36.3 Å². The molecule has 1 aliphatic carbocycles. The largest absolute Gasteiger partial charge is 0.497 e. The SMILES string of the molecule is COc1ccc(CN2C(=O)COc3ccc(N4C(=O)O[C@H]5C[C@@H](NCCn6c(=O)cnc7ccc(OC)nc76)CC[C@@H]54)nc32)cc1. The second-order valence-electron chi connectivity index (χ2n) is 11.4. The first-order valence-corrected chi connectivity index (χ1v) is 15.1. The minimum absolute atomic E-state index is 0.0859. The van der Waals surface area contributed by atoms with Crippen molar-refractivity contribution in [3.8, 4) is 17.4 Å². The van der Waals surface area contributed by atoms with E-state index in [1.807, 2.05) is 24.3 Å². The summed E-state index contributed by atoms with van der Waals surface area (Å²) in [5.74, 6) is 2.16. The van der Waals surface area contributed by atoms with Crippen molar-refractivity contribution in [1.29, 1.82) is 0 Å². The molecule has 1 saturated heterocycles. The van der Waals surface area contributed by atoms with Gasteiger partial charge in [0.25, 0.3) is 11.5 Å². The average molecular weight is 628 g/mol. The number of pyridine rings is 2. The summed E-state index contributed by atoms with van der Waals surface area (Å²) in [4.78, 5) is 55.2. The molecular formula is C32H33N7O7. The summed E-state index contributed by atoms with van der Waals surface area (Å²) >= 11 is 0. The van der Waals surface area contributed by atoms with Crippen LogP contribution in [-0.2, 0) is 22.6 Å². The van der Waals surface area contributed by atoms with Gasteiger partial charge in [0.15, 0.2) is 23.8 Å². The van der Waals surface area contributed by atoms with Crippen LogP contribution in [0.1, 0.15) is 24.8 Å². The standard InChI is InChI=1S/C32H33N7O7/c1-43-21-6-3-19(4-7-21)17-38-29(41)18-45-24-10-11-26(35-31(24)38)39-23-9-5-20(15-25(23)46-32(39)42)33-13-14-37-28(40)16-34-22-8-12-27(44-2)36-30(22)37/h3-4,6-8,10-12,16,20,23,25,33H,5,9,13-15,17-18H2,1-2H3/t20-,23-,25-/m0/s1. The smallest absolute Gasteiger partial charge is 0.416 e. The molecule has 4 aromatic rings.